The first-order valence-corrected chi connectivity index (χ1v) is 9.29. The Morgan fingerprint density at radius 2 is 1.81 bits per heavy atom. The fourth-order valence-corrected chi connectivity index (χ4v) is 3.78. The van der Waals surface area contributed by atoms with Crippen LogP contribution in [0.2, 0.25) is 0 Å². The molecular formula is C20H27N3O3. The first kappa shape index (κ1) is 18.4. The highest BCUT2D eigenvalue weighted by Gasteiger charge is 2.36. The molecule has 2 N–H and O–H groups in total. The topological polar surface area (TPSA) is 78.5 Å². The molecule has 0 spiro atoms. The number of likely N-dealkylation sites (N-methyl/N-ethyl adjacent to an activating group) is 1. The number of rotatable bonds is 4. The molecule has 1 atom stereocenters. The molecule has 3 amide bonds. The third-order valence-electron chi connectivity index (χ3n) is 5.48. The van der Waals surface area contributed by atoms with Gasteiger partial charge in [0.2, 0.25) is 11.8 Å². The van der Waals surface area contributed by atoms with Gasteiger partial charge in [0.1, 0.15) is 6.04 Å². The number of nitrogens with zero attached hydrogens (tertiary/aromatic N) is 1. The molecule has 0 bridgehead atoms. The molecule has 1 aliphatic heterocycles. The number of benzene rings is 1. The number of carbonyl (C=O) groups excluding carboxylic acids is 3. The molecule has 1 aromatic rings. The van der Waals surface area contributed by atoms with E-state index < -0.39 is 0 Å². The van der Waals surface area contributed by atoms with Gasteiger partial charge in [-0.2, -0.15) is 0 Å². The second-order valence-electron chi connectivity index (χ2n) is 7.58. The zero-order valence-electron chi connectivity index (χ0n) is 15.7. The van der Waals surface area contributed by atoms with Gasteiger partial charge in [-0.3, -0.25) is 14.4 Å². The fraction of sp³-hybridized carbons (Fsp3) is 0.550. The number of nitrogens with one attached hydrogen (secondary N) is 2. The van der Waals surface area contributed by atoms with Crippen molar-refractivity contribution in [3.63, 3.8) is 0 Å². The highest BCUT2D eigenvalue weighted by molar-refractivity contribution is 5.96. The Morgan fingerprint density at radius 3 is 2.50 bits per heavy atom. The molecule has 6 nitrogen and oxygen atoms in total. The van der Waals surface area contributed by atoms with Crippen LogP contribution in [0.5, 0.6) is 0 Å². The zero-order chi connectivity index (χ0) is 18.8. The van der Waals surface area contributed by atoms with Crippen molar-refractivity contribution in [2.75, 3.05) is 7.05 Å². The van der Waals surface area contributed by atoms with Crippen molar-refractivity contribution in [3.05, 3.63) is 34.9 Å². The lowest BCUT2D eigenvalue weighted by Crippen LogP contribution is -2.58. The Hall–Kier alpha value is -2.37. The summed E-state index contributed by atoms with van der Waals surface area (Å²) in [5.74, 6) is -0.108. The van der Waals surface area contributed by atoms with Crippen LogP contribution in [0.1, 0.15) is 53.6 Å². The fourth-order valence-electron chi connectivity index (χ4n) is 3.78. The van der Waals surface area contributed by atoms with E-state index in [2.05, 4.69) is 10.6 Å². The van der Waals surface area contributed by atoms with Gasteiger partial charge in [0.15, 0.2) is 0 Å². The SMILES string of the molecule is Cc1ccc(C(=O)NC2CC(NC(=O)C3CCCC(=O)N3C)C2)c(C)c1. The monoisotopic (exact) mass is 357 g/mol. The van der Waals surface area contributed by atoms with E-state index in [1.54, 1.807) is 11.9 Å². The Kier molecular flexibility index (Phi) is 5.30. The molecule has 1 aliphatic carbocycles. The average Bonchev–Trinajstić information content (AvgIpc) is 2.55. The second kappa shape index (κ2) is 7.48. The van der Waals surface area contributed by atoms with E-state index in [0.717, 1.165) is 30.4 Å². The Bertz CT molecular complexity index is 725. The highest BCUT2D eigenvalue weighted by Crippen LogP contribution is 2.23. The maximum Gasteiger partial charge on any atom is 0.251 e. The van der Waals surface area contributed by atoms with E-state index in [0.29, 0.717) is 18.4 Å². The summed E-state index contributed by atoms with van der Waals surface area (Å²) in [4.78, 5) is 38.1. The number of piperidine rings is 1. The summed E-state index contributed by atoms with van der Waals surface area (Å²) in [6.07, 6.45) is 3.46. The van der Waals surface area contributed by atoms with Crippen LogP contribution in [0, 0.1) is 13.8 Å². The van der Waals surface area contributed by atoms with Gasteiger partial charge in [-0.15, -0.1) is 0 Å². The molecule has 0 aromatic heterocycles. The van der Waals surface area contributed by atoms with Crippen LogP contribution in [-0.4, -0.2) is 47.8 Å². The Labute approximate surface area is 154 Å². The number of carbonyl (C=O) groups is 3. The van der Waals surface area contributed by atoms with Gasteiger partial charge >= 0.3 is 0 Å². The van der Waals surface area contributed by atoms with E-state index in [9.17, 15) is 14.4 Å². The van der Waals surface area contributed by atoms with E-state index in [1.807, 2.05) is 32.0 Å². The van der Waals surface area contributed by atoms with Gasteiger partial charge < -0.3 is 15.5 Å². The molecule has 0 radical (unpaired) electrons. The number of hydrogen-bond donors (Lipinski definition) is 2. The summed E-state index contributed by atoms with van der Waals surface area (Å²) < 4.78 is 0. The second-order valence-corrected chi connectivity index (χ2v) is 7.58. The van der Waals surface area contributed by atoms with Crippen LogP contribution in [0.4, 0.5) is 0 Å². The van der Waals surface area contributed by atoms with Crippen LogP contribution in [0.15, 0.2) is 18.2 Å². The summed E-state index contributed by atoms with van der Waals surface area (Å²) in [6.45, 7) is 3.94. The highest BCUT2D eigenvalue weighted by atomic mass is 16.2. The summed E-state index contributed by atoms with van der Waals surface area (Å²) in [7, 11) is 1.69. The molecular weight excluding hydrogens is 330 g/mol. The molecule has 2 fully saturated rings. The van der Waals surface area contributed by atoms with Crippen LogP contribution >= 0.6 is 0 Å². The molecule has 1 saturated carbocycles. The molecule has 1 aromatic carbocycles. The Balaban J connectivity index is 1.46. The Morgan fingerprint density at radius 1 is 1.12 bits per heavy atom. The van der Waals surface area contributed by atoms with Gasteiger partial charge in [-0.25, -0.2) is 0 Å². The first-order chi connectivity index (χ1) is 12.3. The van der Waals surface area contributed by atoms with E-state index in [-0.39, 0.29) is 35.8 Å². The summed E-state index contributed by atoms with van der Waals surface area (Å²) in [5, 5.41) is 6.05. The smallest absolute Gasteiger partial charge is 0.251 e. The molecule has 26 heavy (non-hydrogen) atoms. The number of aryl methyl sites for hydroxylation is 2. The number of hydrogen-bond acceptors (Lipinski definition) is 3. The molecule has 2 aliphatic rings. The van der Waals surface area contributed by atoms with Gasteiger partial charge in [0.25, 0.3) is 5.91 Å². The summed E-state index contributed by atoms with van der Waals surface area (Å²) in [6, 6.07) is 5.58. The molecule has 3 rings (SSSR count). The van der Waals surface area contributed by atoms with Crippen LogP contribution in [0.3, 0.4) is 0 Å². The number of likely N-dealkylation sites (tertiary alicyclic amines) is 1. The van der Waals surface area contributed by atoms with Gasteiger partial charge in [0.05, 0.1) is 0 Å². The van der Waals surface area contributed by atoms with Gasteiger partial charge in [-0.05, 0) is 51.2 Å². The summed E-state index contributed by atoms with van der Waals surface area (Å²) in [5.41, 5.74) is 2.80. The van der Waals surface area contributed by atoms with Gasteiger partial charge in [0, 0.05) is 31.1 Å². The van der Waals surface area contributed by atoms with Crippen molar-refractivity contribution in [3.8, 4) is 0 Å². The molecule has 1 heterocycles. The van der Waals surface area contributed by atoms with E-state index in [1.165, 1.54) is 0 Å². The quantitative estimate of drug-likeness (QED) is 0.861. The van der Waals surface area contributed by atoms with Crippen molar-refractivity contribution in [2.24, 2.45) is 0 Å². The minimum absolute atomic E-state index is 0.0311. The average molecular weight is 357 g/mol. The van der Waals surface area contributed by atoms with Crippen molar-refractivity contribution < 1.29 is 14.4 Å². The van der Waals surface area contributed by atoms with Crippen LogP contribution in [0.25, 0.3) is 0 Å². The molecule has 140 valence electrons. The van der Waals surface area contributed by atoms with Crippen molar-refractivity contribution in [1.29, 1.82) is 0 Å². The number of amides is 3. The zero-order valence-corrected chi connectivity index (χ0v) is 15.7. The minimum Gasteiger partial charge on any atom is -0.351 e. The standard InChI is InChI=1S/C20H27N3O3/c1-12-7-8-16(13(2)9-12)19(25)21-14-10-15(11-14)22-20(26)17-5-4-6-18(24)23(17)3/h7-9,14-15,17H,4-6,10-11H2,1-3H3,(H,21,25)(H,22,26). The van der Waals surface area contributed by atoms with Gasteiger partial charge in [-0.1, -0.05) is 17.7 Å². The van der Waals surface area contributed by atoms with E-state index >= 15 is 0 Å². The van der Waals surface area contributed by atoms with Crippen LogP contribution in [-0.2, 0) is 9.59 Å². The largest absolute Gasteiger partial charge is 0.351 e. The maximum absolute atomic E-state index is 12.4. The van der Waals surface area contributed by atoms with Crippen molar-refractivity contribution in [1.82, 2.24) is 15.5 Å². The molecule has 1 saturated heterocycles. The molecule has 6 heteroatoms. The minimum atomic E-state index is -0.361. The van der Waals surface area contributed by atoms with Crippen molar-refractivity contribution >= 4 is 17.7 Å². The first-order valence-electron chi connectivity index (χ1n) is 9.29. The third kappa shape index (κ3) is 3.89. The lowest BCUT2D eigenvalue weighted by molar-refractivity contribution is -0.142. The lowest BCUT2D eigenvalue weighted by atomic mass is 9.86. The van der Waals surface area contributed by atoms with Crippen LogP contribution < -0.4 is 10.6 Å². The molecule has 1 unspecified atom stereocenters. The third-order valence-corrected chi connectivity index (χ3v) is 5.48. The normalized spacial score (nSPS) is 25.4. The summed E-state index contributed by atoms with van der Waals surface area (Å²) >= 11 is 0. The predicted molar refractivity (Wildman–Crippen MR) is 98.7 cm³/mol. The van der Waals surface area contributed by atoms with Crippen molar-refractivity contribution in [2.45, 2.75) is 64.1 Å². The predicted octanol–water partition coefficient (Wildman–Crippen LogP) is 1.69. The van der Waals surface area contributed by atoms with E-state index in [4.69, 9.17) is 0 Å². The maximum atomic E-state index is 12.4. The lowest BCUT2D eigenvalue weighted by Gasteiger charge is -2.39.